The van der Waals surface area contributed by atoms with Gasteiger partial charge in [0.2, 0.25) is 0 Å². The molecule has 10 heteroatoms. The molecule has 4 aromatic rings. The molecule has 0 N–H and O–H groups in total. The highest BCUT2D eigenvalue weighted by molar-refractivity contribution is 7.19. The number of esters is 1. The molecule has 0 amide bonds. The van der Waals surface area contributed by atoms with Crippen molar-refractivity contribution in [3.8, 4) is 22.6 Å². The second-order valence-corrected chi connectivity index (χ2v) is 10.1. The van der Waals surface area contributed by atoms with E-state index in [2.05, 4.69) is 0 Å². The van der Waals surface area contributed by atoms with Crippen molar-refractivity contribution in [3.63, 3.8) is 0 Å². The lowest BCUT2D eigenvalue weighted by atomic mass is 9.93. The van der Waals surface area contributed by atoms with E-state index in [0.29, 0.717) is 42.5 Å². The number of hydroxylamine groups is 2. The van der Waals surface area contributed by atoms with Gasteiger partial charge in [0.25, 0.3) is 0 Å². The number of carbonyl (C=O) groups excluding carboxylic acids is 1. The zero-order valence-electron chi connectivity index (χ0n) is 22.0. The highest BCUT2D eigenvalue weighted by Gasteiger charge is 2.31. The van der Waals surface area contributed by atoms with Crippen LogP contribution >= 0.6 is 22.9 Å². The lowest BCUT2D eigenvalue weighted by Crippen LogP contribution is -2.19. The highest BCUT2D eigenvalue weighted by atomic mass is 35.5. The van der Waals surface area contributed by atoms with Crippen LogP contribution in [-0.2, 0) is 39.9 Å². The minimum Gasteiger partial charge on any atom is -0.493 e. The lowest BCUT2D eigenvalue weighted by molar-refractivity contribution is -0.232. The summed E-state index contributed by atoms with van der Waals surface area (Å²) in [6.07, 6.45) is 0. The minimum absolute atomic E-state index is 0.0704. The summed E-state index contributed by atoms with van der Waals surface area (Å²) >= 11 is 7.90. The van der Waals surface area contributed by atoms with Gasteiger partial charge >= 0.3 is 5.97 Å². The molecule has 1 aliphatic rings. The number of halogens is 1. The third-order valence-electron chi connectivity index (χ3n) is 6.46. The SMILES string of the molecule is CCOC(=O)c1c(CCl)nc2sc3c(c2c1-c1ccc(OC)c(OC)c1)CN(OCOCc1ccccc1)C3. The number of aromatic nitrogens is 1. The van der Waals surface area contributed by atoms with Gasteiger partial charge in [0.05, 0.1) is 57.7 Å². The molecular formula is C29H29ClN2O6S. The summed E-state index contributed by atoms with van der Waals surface area (Å²) in [5.74, 6) is 0.746. The van der Waals surface area contributed by atoms with E-state index in [1.54, 1.807) is 32.5 Å². The van der Waals surface area contributed by atoms with E-state index in [9.17, 15) is 4.79 Å². The van der Waals surface area contributed by atoms with E-state index in [1.807, 2.05) is 53.6 Å². The molecule has 2 aromatic carbocycles. The molecule has 2 aromatic heterocycles. The molecule has 0 saturated carbocycles. The van der Waals surface area contributed by atoms with Crippen molar-refractivity contribution in [2.24, 2.45) is 0 Å². The van der Waals surface area contributed by atoms with Gasteiger partial charge in [-0.3, -0.25) is 4.84 Å². The topological polar surface area (TPSA) is 79.4 Å². The number of hydrogen-bond donors (Lipinski definition) is 0. The Bertz CT molecular complexity index is 1480. The van der Waals surface area contributed by atoms with E-state index in [1.165, 1.54) is 0 Å². The number of alkyl halides is 1. The third kappa shape index (κ3) is 5.59. The summed E-state index contributed by atoms with van der Waals surface area (Å²) in [7, 11) is 3.17. The number of nitrogens with zero attached hydrogens (tertiary/aromatic N) is 2. The van der Waals surface area contributed by atoms with Crippen molar-refractivity contribution in [1.29, 1.82) is 0 Å². The molecule has 0 radical (unpaired) electrons. The van der Waals surface area contributed by atoms with Gasteiger partial charge in [-0.2, -0.15) is 5.06 Å². The van der Waals surface area contributed by atoms with Gasteiger partial charge in [-0.05, 0) is 35.7 Å². The molecule has 8 nitrogen and oxygen atoms in total. The van der Waals surface area contributed by atoms with E-state index in [-0.39, 0.29) is 19.3 Å². The fourth-order valence-electron chi connectivity index (χ4n) is 4.71. The summed E-state index contributed by atoms with van der Waals surface area (Å²) in [4.78, 5) is 26.0. The second-order valence-electron chi connectivity index (χ2n) is 8.80. The molecule has 0 spiro atoms. The fourth-order valence-corrected chi connectivity index (χ4v) is 6.11. The quantitative estimate of drug-likeness (QED) is 0.0900. The van der Waals surface area contributed by atoms with Crippen molar-refractivity contribution in [2.75, 3.05) is 27.6 Å². The summed E-state index contributed by atoms with van der Waals surface area (Å²) < 4.78 is 22.2. The number of ether oxygens (including phenoxy) is 4. The number of thiophene rings is 1. The van der Waals surface area contributed by atoms with E-state index < -0.39 is 5.97 Å². The van der Waals surface area contributed by atoms with Gasteiger partial charge in [-0.25, -0.2) is 9.78 Å². The molecule has 0 fully saturated rings. The van der Waals surface area contributed by atoms with Crippen LogP contribution in [0, 0.1) is 0 Å². The summed E-state index contributed by atoms with van der Waals surface area (Å²) in [6, 6.07) is 15.5. The zero-order chi connectivity index (χ0) is 27.4. The van der Waals surface area contributed by atoms with Gasteiger partial charge in [0.1, 0.15) is 4.83 Å². The molecule has 0 unspecified atom stereocenters. The molecule has 1 aliphatic heterocycles. The molecule has 39 heavy (non-hydrogen) atoms. The normalized spacial score (nSPS) is 13.0. The van der Waals surface area contributed by atoms with E-state index >= 15 is 0 Å². The Labute approximate surface area is 235 Å². The van der Waals surface area contributed by atoms with Gasteiger partial charge in [0.15, 0.2) is 18.3 Å². The average Bonchev–Trinajstić information content (AvgIpc) is 3.51. The third-order valence-corrected chi connectivity index (χ3v) is 7.82. The molecule has 3 heterocycles. The summed E-state index contributed by atoms with van der Waals surface area (Å²) in [5, 5.41) is 2.75. The Balaban J connectivity index is 1.51. The number of pyridine rings is 1. The Hall–Kier alpha value is -3.21. The summed E-state index contributed by atoms with van der Waals surface area (Å²) in [5.41, 5.74) is 4.48. The Kier molecular flexibility index (Phi) is 8.64. The molecule has 0 bridgehead atoms. The minimum atomic E-state index is -0.465. The Morgan fingerprint density at radius 3 is 2.59 bits per heavy atom. The van der Waals surface area contributed by atoms with Gasteiger partial charge in [0, 0.05) is 15.8 Å². The first-order valence-corrected chi connectivity index (χ1v) is 13.8. The van der Waals surface area contributed by atoms with Gasteiger partial charge < -0.3 is 18.9 Å². The fraction of sp³-hybridized carbons (Fsp3) is 0.310. The number of fused-ring (bicyclic) bond motifs is 3. The van der Waals surface area contributed by atoms with Crippen molar-refractivity contribution in [3.05, 3.63) is 75.8 Å². The van der Waals surface area contributed by atoms with Gasteiger partial charge in [-0.1, -0.05) is 36.4 Å². The molecule has 0 atom stereocenters. The van der Waals surface area contributed by atoms with Crippen LogP contribution in [0.3, 0.4) is 0 Å². The first-order valence-electron chi connectivity index (χ1n) is 12.5. The maximum absolute atomic E-state index is 13.3. The number of benzene rings is 2. The van der Waals surface area contributed by atoms with Crippen molar-refractivity contribution < 1.29 is 28.6 Å². The van der Waals surface area contributed by atoms with Crippen molar-refractivity contribution >= 4 is 39.1 Å². The van der Waals surface area contributed by atoms with E-state index in [0.717, 1.165) is 37.3 Å². The van der Waals surface area contributed by atoms with Gasteiger partial charge in [-0.15, -0.1) is 22.9 Å². The first-order chi connectivity index (χ1) is 19.1. The largest absolute Gasteiger partial charge is 0.493 e. The zero-order valence-corrected chi connectivity index (χ0v) is 23.6. The monoisotopic (exact) mass is 568 g/mol. The van der Waals surface area contributed by atoms with Crippen LogP contribution < -0.4 is 9.47 Å². The van der Waals surface area contributed by atoms with Crippen molar-refractivity contribution in [2.45, 2.75) is 32.5 Å². The molecular weight excluding hydrogens is 540 g/mol. The standard InChI is InChI=1S/C29H29ClN2O6S/c1-4-37-29(33)27-21(13-30)31-28-26(25(27)19-10-11-22(34-2)23(12-19)35-3)20-14-32(15-24(20)39-28)38-17-36-16-18-8-6-5-7-9-18/h5-12H,4,13-17H2,1-3H3. The first kappa shape index (κ1) is 27.4. The highest BCUT2D eigenvalue weighted by Crippen LogP contribution is 2.45. The molecule has 0 aliphatic carbocycles. The predicted molar refractivity (Wildman–Crippen MR) is 150 cm³/mol. The average molecular weight is 569 g/mol. The molecule has 0 saturated heterocycles. The number of methoxy groups -OCH3 is 2. The van der Waals surface area contributed by atoms with Crippen LogP contribution in [0.15, 0.2) is 48.5 Å². The van der Waals surface area contributed by atoms with Crippen LogP contribution in [-0.4, -0.2) is 43.6 Å². The lowest BCUT2D eigenvalue weighted by Gasteiger charge is -2.18. The van der Waals surface area contributed by atoms with Crippen molar-refractivity contribution in [1.82, 2.24) is 10.0 Å². The van der Waals surface area contributed by atoms with E-state index in [4.69, 9.17) is 40.4 Å². The predicted octanol–water partition coefficient (Wildman–Crippen LogP) is 6.32. The Morgan fingerprint density at radius 1 is 1.08 bits per heavy atom. The molecule has 204 valence electrons. The number of carbonyl (C=O) groups is 1. The number of hydrogen-bond acceptors (Lipinski definition) is 9. The second kappa shape index (κ2) is 12.3. The van der Waals surface area contributed by atoms with Crippen LogP contribution in [0.5, 0.6) is 11.5 Å². The van der Waals surface area contributed by atoms with Crippen LogP contribution in [0.4, 0.5) is 0 Å². The van der Waals surface area contributed by atoms with Crippen LogP contribution in [0.25, 0.3) is 21.3 Å². The number of rotatable bonds is 11. The maximum Gasteiger partial charge on any atom is 0.340 e. The van der Waals surface area contributed by atoms with Crippen LogP contribution in [0.1, 0.15) is 39.0 Å². The molecule has 5 rings (SSSR count). The maximum atomic E-state index is 13.3. The van der Waals surface area contributed by atoms with Crippen LogP contribution in [0.2, 0.25) is 0 Å². The summed E-state index contributed by atoms with van der Waals surface area (Å²) in [6.45, 7) is 3.72. The smallest absolute Gasteiger partial charge is 0.340 e. The Morgan fingerprint density at radius 2 is 1.87 bits per heavy atom.